The molecular weight excluding hydrogens is 228 g/mol. The molecule has 0 aromatic carbocycles. The molecule has 1 aromatic heterocycles. The van der Waals surface area contributed by atoms with E-state index in [0.29, 0.717) is 18.0 Å². The van der Waals surface area contributed by atoms with Crippen molar-refractivity contribution in [3.63, 3.8) is 0 Å². The number of rotatable bonds is 3. The monoisotopic (exact) mass is 250 g/mol. The van der Waals surface area contributed by atoms with Crippen LogP contribution in [0.1, 0.15) is 35.3 Å². The van der Waals surface area contributed by atoms with E-state index in [9.17, 15) is 4.79 Å². The summed E-state index contributed by atoms with van der Waals surface area (Å²) in [6.07, 6.45) is 5.00. The predicted molar refractivity (Wildman–Crippen MR) is 70.2 cm³/mol. The first-order valence-electron chi connectivity index (χ1n) is 6.52. The molecule has 1 aliphatic rings. The molecule has 0 radical (unpaired) electrons. The van der Waals surface area contributed by atoms with Gasteiger partial charge < -0.3 is 10.6 Å². The van der Waals surface area contributed by atoms with Gasteiger partial charge in [-0.05, 0) is 32.2 Å². The van der Waals surface area contributed by atoms with Crippen molar-refractivity contribution < 1.29 is 4.79 Å². The van der Waals surface area contributed by atoms with E-state index in [0.717, 1.165) is 25.0 Å². The number of nitrogens with two attached hydrogens (primary N) is 1. The zero-order valence-electron chi connectivity index (χ0n) is 11.4. The van der Waals surface area contributed by atoms with Crippen LogP contribution in [-0.4, -0.2) is 40.2 Å². The fourth-order valence-electron chi connectivity index (χ4n) is 2.85. The SMILES string of the molecule is Cc1c(C(=O)N(C)C2CCCC2CN)cnn1C. The Labute approximate surface area is 108 Å². The van der Waals surface area contributed by atoms with Crippen LogP contribution in [0, 0.1) is 12.8 Å². The summed E-state index contributed by atoms with van der Waals surface area (Å²) in [5.74, 6) is 0.502. The van der Waals surface area contributed by atoms with Crippen LogP contribution in [0.5, 0.6) is 0 Å². The molecule has 2 N–H and O–H groups in total. The fourth-order valence-corrected chi connectivity index (χ4v) is 2.85. The van der Waals surface area contributed by atoms with Crippen molar-refractivity contribution in [3.8, 4) is 0 Å². The minimum atomic E-state index is 0.0611. The Hall–Kier alpha value is -1.36. The lowest BCUT2D eigenvalue weighted by molar-refractivity contribution is 0.0699. The Morgan fingerprint density at radius 2 is 2.33 bits per heavy atom. The van der Waals surface area contributed by atoms with Crippen LogP contribution in [-0.2, 0) is 7.05 Å². The van der Waals surface area contributed by atoms with Crippen molar-refractivity contribution in [2.45, 2.75) is 32.2 Å². The number of aryl methyl sites for hydroxylation is 1. The van der Waals surface area contributed by atoms with E-state index in [1.807, 2.05) is 25.9 Å². The maximum atomic E-state index is 12.5. The number of aromatic nitrogens is 2. The molecule has 2 unspecified atom stereocenters. The van der Waals surface area contributed by atoms with E-state index in [1.165, 1.54) is 0 Å². The second kappa shape index (κ2) is 5.10. The number of carbonyl (C=O) groups is 1. The van der Waals surface area contributed by atoms with E-state index in [1.54, 1.807) is 10.9 Å². The summed E-state index contributed by atoms with van der Waals surface area (Å²) >= 11 is 0. The molecule has 5 heteroatoms. The topological polar surface area (TPSA) is 64.2 Å². The van der Waals surface area contributed by atoms with Crippen molar-refractivity contribution >= 4 is 5.91 Å². The predicted octanol–water partition coefficient (Wildman–Crippen LogP) is 0.928. The molecule has 1 aliphatic carbocycles. The molecule has 5 nitrogen and oxygen atoms in total. The van der Waals surface area contributed by atoms with Gasteiger partial charge in [0.2, 0.25) is 0 Å². The summed E-state index contributed by atoms with van der Waals surface area (Å²) in [6, 6.07) is 0.280. The zero-order valence-corrected chi connectivity index (χ0v) is 11.4. The quantitative estimate of drug-likeness (QED) is 0.868. The third kappa shape index (κ3) is 2.14. The summed E-state index contributed by atoms with van der Waals surface area (Å²) in [7, 11) is 3.73. The lowest BCUT2D eigenvalue weighted by Crippen LogP contribution is -2.41. The molecular formula is C13H22N4O. The Morgan fingerprint density at radius 3 is 2.89 bits per heavy atom. The molecule has 100 valence electrons. The van der Waals surface area contributed by atoms with Crippen LogP contribution < -0.4 is 5.73 Å². The van der Waals surface area contributed by atoms with Crippen LogP contribution in [0.4, 0.5) is 0 Å². The van der Waals surface area contributed by atoms with Crippen molar-refractivity contribution in [1.29, 1.82) is 0 Å². The van der Waals surface area contributed by atoms with E-state index in [4.69, 9.17) is 5.73 Å². The molecule has 2 rings (SSSR count). The second-order valence-electron chi connectivity index (χ2n) is 5.18. The normalized spacial score (nSPS) is 23.3. The summed E-state index contributed by atoms with van der Waals surface area (Å²) in [5.41, 5.74) is 7.39. The fraction of sp³-hybridized carbons (Fsp3) is 0.692. The van der Waals surface area contributed by atoms with Gasteiger partial charge in [-0.3, -0.25) is 9.48 Å². The highest BCUT2D eigenvalue weighted by Gasteiger charge is 2.32. The highest BCUT2D eigenvalue weighted by Crippen LogP contribution is 2.29. The maximum Gasteiger partial charge on any atom is 0.257 e. The Kier molecular flexibility index (Phi) is 3.71. The van der Waals surface area contributed by atoms with Gasteiger partial charge in [-0.1, -0.05) is 6.42 Å². The highest BCUT2D eigenvalue weighted by molar-refractivity contribution is 5.95. The van der Waals surface area contributed by atoms with Crippen LogP contribution >= 0.6 is 0 Å². The average Bonchev–Trinajstić information content (AvgIpc) is 2.96. The van der Waals surface area contributed by atoms with Gasteiger partial charge in [0, 0.05) is 25.8 Å². The third-order valence-electron chi connectivity index (χ3n) is 4.21. The lowest BCUT2D eigenvalue weighted by Gasteiger charge is -2.29. The summed E-state index contributed by atoms with van der Waals surface area (Å²) in [5, 5.41) is 4.13. The summed E-state index contributed by atoms with van der Waals surface area (Å²) in [6.45, 7) is 2.58. The molecule has 1 saturated carbocycles. The average molecular weight is 250 g/mol. The second-order valence-corrected chi connectivity index (χ2v) is 5.18. The maximum absolute atomic E-state index is 12.5. The zero-order chi connectivity index (χ0) is 13.3. The number of hydrogen-bond acceptors (Lipinski definition) is 3. The van der Waals surface area contributed by atoms with Crippen LogP contribution in [0.2, 0.25) is 0 Å². The molecule has 2 atom stereocenters. The van der Waals surface area contributed by atoms with E-state index in [2.05, 4.69) is 5.10 Å². The van der Waals surface area contributed by atoms with E-state index < -0.39 is 0 Å². The number of amides is 1. The van der Waals surface area contributed by atoms with E-state index in [-0.39, 0.29) is 11.9 Å². The smallest absolute Gasteiger partial charge is 0.257 e. The molecule has 1 fully saturated rings. The van der Waals surface area contributed by atoms with Gasteiger partial charge >= 0.3 is 0 Å². The van der Waals surface area contributed by atoms with Crippen LogP contribution in [0.15, 0.2) is 6.20 Å². The first kappa shape index (κ1) is 13.1. The largest absolute Gasteiger partial charge is 0.338 e. The number of nitrogens with zero attached hydrogens (tertiary/aromatic N) is 3. The van der Waals surface area contributed by atoms with Gasteiger partial charge in [0.1, 0.15) is 0 Å². The highest BCUT2D eigenvalue weighted by atomic mass is 16.2. The Balaban J connectivity index is 2.16. The molecule has 1 amide bonds. The first-order chi connectivity index (χ1) is 8.56. The van der Waals surface area contributed by atoms with E-state index >= 15 is 0 Å². The summed E-state index contributed by atoms with van der Waals surface area (Å²) in [4.78, 5) is 14.3. The van der Waals surface area contributed by atoms with Crippen molar-refractivity contribution in [2.24, 2.45) is 18.7 Å². The molecule has 0 spiro atoms. The van der Waals surface area contributed by atoms with Crippen LogP contribution in [0.3, 0.4) is 0 Å². The molecule has 0 saturated heterocycles. The summed E-state index contributed by atoms with van der Waals surface area (Å²) < 4.78 is 1.73. The minimum Gasteiger partial charge on any atom is -0.338 e. The van der Waals surface area contributed by atoms with Gasteiger partial charge in [0.25, 0.3) is 5.91 Å². The van der Waals surface area contributed by atoms with Gasteiger partial charge in [-0.25, -0.2) is 0 Å². The molecule has 0 bridgehead atoms. The standard InChI is InChI=1S/C13H22N4O/c1-9-11(8-15-17(9)3)13(18)16(2)12-6-4-5-10(12)7-14/h8,10,12H,4-7,14H2,1-3H3. The number of hydrogen-bond donors (Lipinski definition) is 1. The molecule has 1 heterocycles. The van der Waals surface area contributed by atoms with Crippen molar-refractivity contribution in [3.05, 3.63) is 17.5 Å². The van der Waals surface area contributed by atoms with Gasteiger partial charge in [0.15, 0.2) is 0 Å². The first-order valence-corrected chi connectivity index (χ1v) is 6.52. The van der Waals surface area contributed by atoms with Gasteiger partial charge in [0.05, 0.1) is 11.8 Å². The van der Waals surface area contributed by atoms with Gasteiger partial charge in [-0.2, -0.15) is 5.10 Å². The lowest BCUT2D eigenvalue weighted by atomic mass is 10.0. The van der Waals surface area contributed by atoms with Crippen LogP contribution in [0.25, 0.3) is 0 Å². The Bertz CT molecular complexity index is 440. The van der Waals surface area contributed by atoms with Crippen molar-refractivity contribution in [2.75, 3.05) is 13.6 Å². The molecule has 18 heavy (non-hydrogen) atoms. The third-order valence-corrected chi connectivity index (χ3v) is 4.21. The number of carbonyl (C=O) groups excluding carboxylic acids is 1. The minimum absolute atomic E-state index is 0.0611. The Morgan fingerprint density at radius 1 is 1.61 bits per heavy atom. The molecule has 0 aliphatic heterocycles. The van der Waals surface area contributed by atoms with Gasteiger partial charge in [-0.15, -0.1) is 0 Å². The van der Waals surface area contributed by atoms with Crippen molar-refractivity contribution in [1.82, 2.24) is 14.7 Å². The molecule has 1 aromatic rings.